The number of hydrogen-bond donors (Lipinski definition) is 1. The molecule has 5 heteroatoms. The minimum atomic E-state index is 0.356. The minimum Gasteiger partial charge on any atom is -0.366 e. The number of aromatic nitrogens is 3. The second-order valence-electron chi connectivity index (χ2n) is 5.21. The molecule has 2 aromatic heterocycles. The van der Waals surface area contributed by atoms with Gasteiger partial charge in [0.15, 0.2) is 5.82 Å². The summed E-state index contributed by atoms with van der Waals surface area (Å²) in [5, 5.41) is 8.00. The molecule has 1 atom stereocenters. The van der Waals surface area contributed by atoms with E-state index in [1.165, 1.54) is 0 Å². The summed E-state index contributed by atoms with van der Waals surface area (Å²) < 4.78 is 1.89. The lowest BCUT2D eigenvalue weighted by Gasteiger charge is -2.14. The molecule has 0 amide bonds. The van der Waals surface area contributed by atoms with Gasteiger partial charge in [-0.2, -0.15) is 5.10 Å². The molecule has 0 saturated heterocycles. The van der Waals surface area contributed by atoms with E-state index in [4.69, 9.17) is 11.6 Å². The summed E-state index contributed by atoms with van der Waals surface area (Å²) in [5.74, 6) is 2.01. The lowest BCUT2D eigenvalue weighted by Crippen LogP contribution is -2.16. The van der Waals surface area contributed by atoms with Crippen molar-refractivity contribution in [2.24, 2.45) is 0 Å². The Balaban J connectivity index is 2.22. The summed E-state index contributed by atoms with van der Waals surface area (Å²) >= 11 is 5.72. The van der Waals surface area contributed by atoms with Crippen molar-refractivity contribution in [1.82, 2.24) is 14.6 Å². The summed E-state index contributed by atoms with van der Waals surface area (Å²) in [6.45, 7) is 6.44. The highest BCUT2D eigenvalue weighted by atomic mass is 35.5. The van der Waals surface area contributed by atoms with Crippen LogP contribution in [-0.4, -0.2) is 26.5 Å². The van der Waals surface area contributed by atoms with E-state index >= 15 is 0 Å². The number of halogens is 1. The summed E-state index contributed by atoms with van der Waals surface area (Å²) in [5.41, 5.74) is 2.12. The molecule has 0 aliphatic carbocycles. The van der Waals surface area contributed by atoms with Crippen LogP contribution in [0.2, 0.25) is 0 Å². The molecule has 2 heterocycles. The van der Waals surface area contributed by atoms with Crippen LogP contribution < -0.4 is 5.32 Å². The van der Waals surface area contributed by atoms with E-state index in [0.717, 1.165) is 29.9 Å². The fourth-order valence-electron chi connectivity index (χ4n) is 2.02. The third-order valence-electron chi connectivity index (χ3n) is 3.15. The number of hydrogen-bond acceptors (Lipinski definition) is 3. The summed E-state index contributed by atoms with van der Waals surface area (Å²) in [6.07, 6.45) is 5.71. The van der Waals surface area contributed by atoms with Gasteiger partial charge in [-0.25, -0.2) is 9.50 Å². The Morgan fingerprint density at radius 2 is 2.16 bits per heavy atom. The van der Waals surface area contributed by atoms with Crippen molar-refractivity contribution in [3.8, 4) is 0 Å². The molecular formula is C14H21ClN4. The normalized spacial score (nSPS) is 13.1. The smallest absolute Gasteiger partial charge is 0.152 e. The highest BCUT2D eigenvalue weighted by molar-refractivity contribution is 6.17. The van der Waals surface area contributed by atoms with Crippen LogP contribution in [0.1, 0.15) is 45.2 Å². The van der Waals surface area contributed by atoms with Crippen molar-refractivity contribution in [3.63, 3.8) is 0 Å². The topological polar surface area (TPSA) is 42.2 Å². The third-order valence-corrected chi connectivity index (χ3v) is 3.42. The van der Waals surface area contributed by atoms with Crippen molar-refractivity contribution in [2.45, 2.75) is 45.6 Å². The van der Waals surface area contributed by atoms with Gasteiger partial charge in [-0.3, -0.25) is 0 Å². The number of anilines is 1. The quantitative estimate of drug-likeness (QED) is 0.821. The lowest BCUT2D eigenvalue weighted by atomic mass is 10.1. The zero-order valence-electron chi connectivity index (χ0n) is 11.7. The standard InChI is InChI=1S/C14H21ClN4/c1-10(2)12-9-13-14(16-7-8-19(13)18-12)17-11(3)5-4-6-15/h7-11H,4-6H2,1-3H3,(H,16,17). The maximum atomic E-state index is 5.72. The summed E-state index contributed by atoms with van der Waals surface area (Å²) in [4.78, 5) is 4.42. The summed E-state index contributed by atoms with van der Waals surface area (Å²) in [7, 11) is 0. The molecule has 104 valence electrons. The monoisotopic (exact) mass is 280 g/mol. The molecule has 1 unspecified atom stereocenters. The van der Waals surface area contributed by atoms with Gasteiger partial charge in [0.1, 0.15) is 5.52 Å². The van der Waals surface area contributed by atoms with Crippen LogP contribution >= 0.6 is 11.6 Å². The van der Waals surface area contributed by atoms with Gasteiger partial charge in [0.25, 0.3) is 0 Å². The maximum absolute atomic E-state index is 5.72. The zero-order valence-corrected chi connectivity index (χ0v) is 12.5. The van der Waals surface area contributed by atoms with Crippen LogP contribution in [0, 0.1) is 0 Å². The first-order valence-electron chi connectivity index (χ1n) is 6.78. The van der Waals surface area contributed by atoms with Crippen molar-refractivity contribution >= 4 is 22.9 Å². The number of nitrogens with one attached hydrogen (secondary N) is 1. The van der Waals surface area contributed by atoms with Crippen molar-refractivity contribution < 1.29 is 0 Å². The predicted molar refractivity (Wildman–Crippen MR) is 80.1 cm³/mol. The fourth-order valence-corrected chi connectivity index (χ4v) is 2.18. The Hall–Kier alpha value is -1.29. The average Bonchev–Trinajstić information content (AvgIpc) is 2.81. The van der Waals surface area contributed by atoms with E-state index < -0.39 is 0 Å². The highest BCUT2D eigenvalue weighted by Gasteiger charge is 2.11. The third kappa shape index (κ3) is 3.38. The van der Waals surface area contributed by atoms with Gasteiger partial charge in [-0.1, -0.05) is 13.8 Å². The second kappa shape index (κ2) is 6.24. The van der Waals surface area contributed by atoms with Crippen LogP contribution in [0.3, 0.4) is 0 Å². The lowest BCUT2D eigenvalue weighted by molar-refractivity contribution is 0.690. The first-order chi connectivity index (χ1) is 9.11. The van der Waals surface area contributed by atoms with Crippen molar-refractivity contribution in [1.29, 1.82) is 0 Å². The minimum absolute atomic E-state index is 0.356. The Labute approximate surface area is 119 Å². The molecule has 1 N–H and O–H groups in total. The van der Waals surface area contributed by atoms with E-state index in [9.17, 15) is 0 Å². The number of rotatable bonds is 6. The van der Waals surface area contributed by atoms with Gasteiger partial charge < -0.3 is 5.32 Å². The molecule has 2 rings (SSSR count). The predicted octanol–water partition coefficient (Wildman–Crippen LogP) is 3.67. The Bertz CT molecular complexity index is 535. The van der Waals surface area contributed by atoms with Crippen molar-refractivity contribution in [2.75, 3.05) is 11.2 Å². The molecule has 0 bridgehead atoms. The van der Waals surface area contributed by atoms with E-state index in [2.05, 4.69) is 42.2 Å². The van der Waals surface area contributed by atoms with Gasteiger partial charge in [0.05, 0.1) is 5.69 Å². The largest absolute Gasteiger partial charge is 0.366 e. The molecule has 19 heavy (non-hydrogen) atoms. The van der Waals surface area contributed by atoms with Gasteiger partial charge in [-0.15, -0.1) is 11.6 Å². The van der Waals surface area contributed by atoms with Gasteiger partial charge >= 0.3 is 0 Å². The van der Waals surface area contributed by atoms with Crippen molar-refractivity contribution in [3.05, 3.63) is 24.2 Å². The van der Waals surface area contributed by atoms with Crippen LogP contribution in [0.25, 0.3) is 5.52 Å². The molecule has 0 aromatic carbocycles. The van der Waals surface area contributed by atoms with E-state index in [0.29, 0.717) is 17.8 Å². The number of fused-ring (bicyclic) bond motifs is 1. The molecule has 0 aliphatic heterocycles. The first kappa shape index (κ1) is 14.1. The Morgan fingerprint density at radius 3 is 2.84 bits per heavy atom. The second-order valence-corrected chi connectivity index (χ2v) is 5.58. The molecule has 0 fully saturated rings. The highest BCUT2D eigenvalue weighted by Crippen LogP contribution is 2.20. The SMILES string of the molecule is CC(CCCCl)Nc1nccn2nc(C(C)C)cc12. The molecule has 4 nitrogen and oxygen atoms in total. The Kier molecular flexibility index (Phi) is 4.64. The average molecular weight is 281 g/mol. The summed E-state index contributed by atoms with van der Waals surface area (Å²) in [6, 6.07) is 2.46. The fraction of sp³-hybridized carbons (Fsp3) is 0.571. The first-order valence-corrected chi connectivity index (χ1v) is 7.32. The van der Waals surface area contributed by atoms with Crippen LogP contribution in [0.4, 0.5) is 5.82 Å². The van der Waals surface area contributed by atoms with E-state index in [1.807, 2.05) is 10.7 Å². The molecular weight excluding hydrogens is 260 g/mol. The molecule has 2 aromatic rings. The van der Waals surface area contributed by atoms with Crippen LogP contribution in [0.15, 0.2) is 18.5 Å². The molecule has 0 saturated carbocycles. The Morgan fingerprint density at radius 1 is 1.37 bits per heavy atom. The van der Waals surface area contributed by atoms with Gasteiger partial charge in [0.2, 0.25) is 0 Å². The van der Waals surface area contributed by atoms with Crippen LogP contribution in [0.5, 0.6) is 0 Å². The van der Waals surface area contributed by atoms with E-state index in [-0.39, 0.29) is 0 Å². The maximum Gasteiger partial charge on any atom is 0.152 e. The van der Waals surface area contributed by atoms with E-state index in [1.54, 1.807) is 6.20 Å². The zero-order chi connectivity index (χ0) is 13.8. The van der Waals surface area contributed by atoms with Gasteiger partial charge in [0, 0.05) is 24.3 Å². The van der Waals surface area contributed by atoms with Gasteiger partial charge in [-0.05, 0) is 31.7 Å². The number of alkyl halides is 1. The molecule has 0 aliphatic rings. The number of nitrogens with zero attached hydrogens (tertiary/aromatic N) is 3. The molecule has 0 radical (unpaired) electrons. The van der Waals surface area contributed by atoms with Crippen LogP contribution in [-0.2, 0) is 0 Å². The molecule has 0 spiro atoms.